The van der Waals surface area contributed by atoms with Crippen molar-refractivity contribution in [1.82, 2.24) is 0 Å². The van der Waals surface area contributed by atoms with Gasteiger partial charge in [-0.15, -0.1) is 0 Å². The van der Waals surface area contributed by atoms with Crippen LogP contribution in [-0.4, -0.2) is 0 Å². The standard InChI is InChI=1S/C14H24.C11H16.2C10H20.C10H14.2C9H18.C9H20/c1-13(2,3)14-7-10-4-11(8-14)6-12(5-10)9-14;1-9-6-5-7-10(8-9)11(2,3)4;3*1-10(2,3)9-7-5-4-6-8-9;2*1-9(2,3)8-6-4-5-7-8;1-8(2,3)7-9(4,5)6/h10-12H,4-9H2,1-3H3;5-8H,1-4H3;2*9H,4-8H2,1-3H3;4-8H,1-3H3;2*8H,4-7H2,1-3H3;7H2,1-6H3/i;5D,6D,7D,8D;9D;;;8D;;7D2. The van der Waals surface area contributed by atoms with Crippen LogP contribution in [0.5, 0.6) is 0 Å². The molecule has 0 atom stereocenters. The zero-order valence-electron chi connectivity index (χ0n) is 68.7. The van der Waals surface area contributed by atoms with E-state index in [1.54, 1.807) is 45.4 Å². The van der Waals surface area contributed by atoms with E-state index in [0.717, 1.165) is 60.7 Å². The molecule has 10 rings (SSSR count). The maximum Gasteiger partial charge on any atom is 0.0629 e. The second-order valence-electron chi connectivity index (χ2n) is 37.0. The van der Waals surface area contributed by atoms with Gasteiger partial charge in [-0.1, -0.05) is 311 Å². The second kappa shape index (κ2) is 32.6. The highest BCUT2D eigenvalue weighted by Gasteiger charge is 2.55. The van der Waals surface area contributed by atoms with Crippen LogP contribution >= 0.6 is 0 Å². The van der Waals surface area contributed by atoms with Crippen LogP contribution in [0.3, 0.4) is 0 Å². The van der Waals surface area contributed by atoms with Gasteiger partial charge >= 0.3 is 0 Å². The fraction of sp³-hybridized carbons (Fsp3) is 0.854. The van der Waals surface area contributed by atoms with Gasteiger partial charge in [0.15, 0.2) is 0 Å². The van der Waals surface area contributed by atoms with E-state index in [1.807, 2.05) is 62.3 Å². The number of hydrogen-bond donors (Lipinski definition) is 0. The van der Waals surface area contributed by atoms with Crippen molar-refractivity contribution in [3.63, 3.8) is 0 Å². The van der Waals surface area contributed by atoms with E-state index in [2.05, 4.69) is 155 Å². The Balaban J connectivity index is 0.000000353. The Hall–Kier alpha value is -1.56. The Labute approximate surface area is 529 Å². The summed E-state index contributed by atoms with van der Waals surface area (Å²) in [4.78, 5) is 0. The molecule has 0 amide bonds. The van der Waals surface area contributed by atoms with Gasteiger partial charge in [-0.2, -0.15) is 0 Å². The lowest BCUT2D eigenvalue weighted by Crippen LogP contribution is -2.51. The van der Waals surface area contributed by atoms with Crippen molar-refractivity contribution in [3.05, 3.63) is 71.2 Å². The molecule has 0 heterocycles. The third-order valence-corrected chi connectivity index (χ3v) is 19.7. The molecular formula is C82H150. The summed E-state index contributed by atoms with van der Waals surface area (Å²) in [5, 5.41) is 0. The van der Waals surface area contributed by atoms with Gasteiger partial charge in [0.2, 0.25) is 0 Å². The lowest BCUT2D eigenvalue weighted by atomic mass is 9.43. The van der Waals surface area contributed by atoms with E-state index in [1.165, 1.54) is 95.5 Å². The first kappa shape index (κ1) is 63.5. The zero-order valence-corrected chi connectivity index (χ0v) is 60.7. The Morgan fingerprint density at radius 2 is 0.732 bits per heavy atom. The molecule has 0 unspecified atom stereocenters. The van der Waals surface area contributed by atoms with Gasteiger partial charge in [-0.3, -0.25) is 0 Å². The molecule has 0 aromatic heterocycles. The molecule has 8 saturated carbocycles. The van der Waals surface area contributed by atoms with Crippen molar-refractivity contribution in [2.24, 2.45) is 84.7 Å². The number of benzene rings is 2. The Morgan fingerprint density at radius 3 is 0.976 bits per heavy atom. The topological polar surface area (TPSA) is 0 Å². The van der Waals surface area contributed by atoms with Crippen LogP contribution < -0.4 is 0 Å². The molecule has 82 heavy (non-hydrogen) atoms. The summed E-state index contributed by atoms with van der Waals surface area (Å²) in [5.41, 5.74) is 4.63. The summed E-state index contributed by atoms with van der Waals surface area (Å²) in [7, 11) is 0. The van der Waals surface area contributed by atoms with Crippen molar-refractivity contribution in [3.8, 4) is 0 Å². The van der Waals surface area contributed by atoms with E-state index < -0.39 is 6.37 Å². The van der Waals surface area contributed by atoms with E-state index >= 15 is 0 Å². The normalized spacial score (nSPS) is 26.3. The van der Waals surface area contributed by atoms with E-state index in [4.69, 9.17) is 11.0 Å². The first-order valence-electron chi connectivity index (χ1n) is 38.5. The van der Waals surface area contributed by atoms with Gasteiger partial charge in [0.05, 0.1) is 5.48 Å². The van der Waals surface area contributed by atoms with Crippen LogP contribution in [0.4, 0.5) is 0 Å². The van der Waals surface area contributed by atoms with Gasteiger partial charge in [-0.25, -0.2) is 0 Å². The minimum Gasteiger partial charge on any atom is -0.0622 e. The monoisotopic (exact) mass is 1140 g/mol. The SMILES string of the molecule is CC(C)(C)C12CC3CC(CC(C3)C1)C2.CC(C)(C)C1CCCC1.CC(C)(C)C1CCCCC1.CC(C)(C)c1ccccc1.[2H]C([2H])(C(C)(C)C)C(C)(C)C.[2H]C1(C(C)(C)C)CCCC1.[2H]C1(C(C)(C)C)CCCCC1.[2H]c1c([2H])c(C)c([2H])c(C(C)(C)C)c1[2H]. The second-order valence-corrected chi connectivity index (χ2v) is 37.0. The average molecular weight is 1140 g/mol. The number of rotatable bonds is 0. The third-order valence-electron chi connectivity index (χ3n) is 19.7. The molecule has 2 aromatic rings. The summed E-state index contributed by atoms with van der Waals surface area (Å²) in [6.45, 7) is 60.6. The predicted molar refractivity (Wildman–Crippen MR) is 373 cm³/mol. The number of hydrogen-bond acceptors (Lipinski definition) is 0. The maximum atomic E-state index is 8.27. The molecule has 0 radical (unpaired) electrons. The lowest BCUT2D eigenvalue weighted by Gasteiger charge is -2.62. The lowest BCUT2D eigenvalue weighted by molar-refractivity contribution is -0.113. The Kier molecular flexibility index (Phi) is 25.2. The van der Waals surface area contributed by atoms with Gasteiger partial charge in [0.1, 0.15) is 0 Å². The predicted octanol–water partition coefficient (Wildman–Crippen LogP) is 27.7. The van der Waals surface area contributed by atoms with Crippen LogP contribution in [0, 0.1) is 91.6 Å². The van der Waals surface area contributed by atoms with Gasteiger partial charge in [0.25, 0.3) is 0 Å². The first-order chi connectivity index (χ1) is 40.4. The van der Waals surface area contributed by atoms with Crippen LogP contribution in [0.2, 0.25) is 0 Å². The summed E-state index contributed by atoms with van der Waals surface area (Å²) < 4.78 is 63.1. The largest absolute Gasteiger partial charge is 0.0629 e. The van der Waals surface area contributed by atoms with Gasteiger partial charge in [0, 0.05) is 5.48 Å². The molecule has 0 N–H and O–H groups in total. The van der Waals surface area contributed by atoms with Crippen LogP contribution in [0.1, 0.15) is 375 Å². The van der Waals surface area contributed by atoms with Crippen molar-refractivity contribution < 1.29 is 11.0 Å². The third kappa shape index (κ3) is 30.4. The van der Waals surface area contributed by atoms with Crippen molar-refractivity contribution in [1.29, 1.82) is 0 Å². The van der Waals surface area contributed by atoms with Crippen LogP contribution in [0.15, 0.2) is 54.5 Å². The molecule has 8 fully saturated rings. The van der Waals surface area contributed by atoms with Crippen LogP contribution in [-0.2, 0) is 10.8 Å². The first-order valence-corrected chi connectivity index (χ1v) is 34.5. The Morgan fingerprint density at radius 1 is 0.415 bits per heavy atom. The van der Waals surface area contributed by atoms with E-state index in [-0.39, 0.29) is 63.0 Å². The Bertz CT molecular complexity index is 2300. The van der Waals surface area contributed by atoms with Crippen molar-refractivity contribution in [2.45, 2.75) is 365 Å². The minimum atomic E-state index is -1.13. The summed E-state index contributed by atoms with van der Waals surface area (Å²) in [5.74, 6) is 5.10. The molecule has 2 aromatic carbocycles. The molecule has 8 aliphatic carbocycles. The molecule has 0 saturated heterocycles. The highest BCUT2D eigenvalue weighted by molar-refractivity contribution is 5.27. The summed E-state index contributed by atoms with van der Waals surface area (Å²) >= 11 is 0. The minimum absolute atomic E-state index is 0.00185. The van der Waals surface area contributed by atoms with Gasteiger partial charge in [-0.05, 0) is 210 Å². The van der Waals surface area contributed by atoms with E-state index in [9.17, 15) is 0 Å². The van der Waals surface area contributed by atoms with E-state index in [0.29, 0.717) is 32.8 Å². The van der Waals surface area contributed by atoms with Crippen molar-refractivity contribution >= 4 is 0 Å². The average Bonchev–Trinajstić information content (AvgIpc) is 1.36. The highest BCUT2D eigenvalue weighted by atomic mass is 14.6. The highest BCUT2D eigenvalue weighted by Crippen LogP contribution is 2.65. The molecule has 0 heteroatoms. The molecular weight excluding hydrogens is 985 g/mol. The molecule has 4 bridgehead atoms. The molecule has 0 aliphatic heterocycles. The maximum absolute atomic E-state index is 8.27. The van der Waals surface area contributed by atoms with Gasteiger partial charge < -0.3 is 0 Å². The quantitative estimate of drug-likeness (QED) is 0.247. The fourth-order valence-corrected chi connectivity index (χ4v) is 14.9. The van der Waals surface area contributed by atoms with Crippen LogP contribution in [0.25, 0.3) is 0 Å². The molecule has 8 aliphatic rings. The fourth-order valence-electron chi connectivity index (χ4n) is 14.9. The zero-order chi connectivity index (χ0) is 69.9. The molecule has 0 spiro atoms. The smallest absolute Gasteiger partial charge is 0.0622 e. The molecule has 0 nitrogen and oxygen atoms in total. The summed E-state index contributed by atoms with van der Waals surface area (Å²) in [6, 6.07) is 10.7. The van der Waals surface area contributed by atoms with Crippen molar-refractivity contribution in [2.75, 3.05) is 0 Å². The molecule has 478 valence electrons. The summed E-state index contributed by atoms with van der Waals surface area (Å²) in [6.07, 6.45) is 32.4.